The molecule has 3 heteroatoms. The van der Waals surface area contributed by atoms with Crippen LogP contribution in [0.4, 0.5) is 0 Å². The van der Waals surface area contributed by atoms with Crippen LogP contribution in [-0.2, 0) is 11.2 Å². The van der Waals surface area contributed by atoms with Crippen molar-refractivity contribution in [2.24, 2.45) is 0 Å². The Morgan fingerprint density at radius 1 is 1.05 bits per heavy atom. The highest BCUT2D eigenvalue weighted by molar-refractivity contribution is 5.75. The molecule has 0 saturated heterocycles. The Kier molecular flexibility index (Phi) is 5.95. The lowest BCUT2D eigenvalue weighted by atomic mass is 9.94. The number of aryl methyl sites for hydroxylation is 1. The van der Waals surface area contributed by atoms with Crippen LogP contribution in [0.25, 0.3) is 0 Å². The van der Waals surface area contributed by atoms with Crippen LogP contribution in [-0.4, -0.2) is 16.1 Å². The number of carboxylic acid groups (broad SMARTS) is 1. The maximum Gasteiger partial charge on any atom is 0.311 e. The fraction of sp³-hybridized carbons (Fsp3) is 0.333. The van der Waals surface area contributed by atoms with Gasteiger partial charge in [-0.2, -0.15) is 0 Å². The average molecular weight is 283 g/mol. The number of hydrogen-bond donors (Lipinski definition) is 1. The van der Waals surface area contributed by atoms with E-state index in [2.05, 4.69) is 29.2 Å². The van der Waals surface area contributed by atoms with Gasteiger partial charge in [0, 0.05) is 12.4 Å². The third-order valence-electron chi connectivity index (χ3n) is 3.69. The van der Waals surface area contributed by atoms with Crippen LogP contribution in [0.2, 0.25) is 0 Å². The van der Waals surface area contributed by atoms with E-state index in [1.807, 2.05) is 12.1 Å². The molecule has 21 heavy (non-hydrogen) atoms. The minimum atomic E-state index is -0.758. The van der Waals surface area contributed by atoms with Gasteiger partial charge in [0.1, 0.15) is 0 Å². The first-order valence-electron chi connectivity index (χ1n) is 7.44. The highest BCUT2D eigenvalue weighted by Gasteiger charge is 2.19. The maximum absolute atomic E-state index is 11.4. The van der Waals surface area contributed by atoms with Gasteiger partial charge in [-0.15, -0.1) is 0 Å². The molecule has 0 radical (unpaired) electrons. The van der Waals surface area contributed by atoms with Gasteiger partial charge in [0.25, 0.3) is 0 Å². The lowest BCUT2D eigenvalue weighted by Crippen LogP contribution is -2.11. The van der Waals surface area contributed by atoms with Crippen molar-refractivity contribution in [3.8, 4) is 0 Å². The Bertz CT molecular complexity index is 540. The molecule has 0 aliphatic carbocycles. The summed E-state index contributed by atoms with van der Waals surface area (Å²) in [6.07, 6.45) is 8.15. The molecule has 0 amide bonds. The number of pyridine rings is 1. The number of rotatable bonds is 8. The molecular formula is C18H21NO2. The summed E-state index contributed by atoms with van der Waals surface area (Å²) in [6, 6.07) is 14.0. The van der Waals surface area contributed by atoms with Crippen molar-refractivity contribution in [3.05, 3.63) is 66.0 Å². The minimum Gasteiger partial charge on any atom is -0.481 e. The Morgan fingerprint density at radius 3 is 2.52 bits per heavy atom. The molecule has 2 aromatic rings. The quantitative estimate of drug-likeness (QED) is 0.743. The third-order valence-corrected chi connectivity index (χ3v) is 3.69. The van der Waals surface area contributed by atoms with Crippen molar-refractivity contribution in [2.75, 3.05) is 0 Å². The number of benzene rings is 1. The molecule has 110 valence electrons. The zero-order valence-corrected chi connectivity index (χ0v) is 12.1. The van der Waals surface area contributed by atoms with E-state index < -0.39 is 11.9 Å². The second-order valence-corrected chi connectivity index (χ2v) is 5.26. The van der Waals surface area contributed by atoms with Gasteiger partial charge in [0.15, 0.2) is 0 Å². The summed E-state index contributed by atoms with van der Waals surface area (Å²) in [5, 5.41) is 9.33. The summed E-state index contributed by atoms with van der Waals surface area (Å²) in [5.74, 6) is -1.19. The highest BCUT2D eigenvalue weighted by atomic mass is 16.4. The molecule has 1 aromatic heterocycles. The number of carbonyl (C=O) groups is 1. The average Bonchev–Trinajstić information content (AvgIpc) is 2.52. The molecule has 0 saturated carbocycles. The summed E-state index contributed by atoms with van der Waals surface area (Å²) >= 11 is 0. The largest absolute Gasteiger partial charge is 0.481 e. The Labute approximate surface area is 125 Å². The van der Waals surface area contributed by atoms with Crippen LogP contribution < -0.4 is 0 Å². The molecule has 0 bridgehead atoms. The summed E-state index contributed by atoms with van der Waals surface area (Å²) in [6.45, 7) is 0. The molecule has 1 atom stereocenters. The second kappa shape index (κ2) is 8.20. The fourth-order valence-corrected chi connectivity index (χ4v) is 2.51. The summed E-state index contributed by atoms with van der Waals surface area (Å²) in [7, 11) is 0. The number of aromatic nitrogens is 1. The first-order valence-corrected chi connectivity index (χ1v) is 7.44. The number of unbranched alkanes of at least 4 members (excludes halogenated alkanes) is 2. The molecule has 2 rings (SSSR count). The van der Waals surface area contributed by atoms with Crippen molar-refractivity contribution in [1.29, 1.82) is 0 Å². The van der Waals surface area contributed by atoms with Gasteiger partial charge in [-0.05, 0) is 36.5 Å². The van der Waals surface area contributed by atoms with E-state index in [4.69, 9.17) is 0 Å². The summed E-state index contributed by atoms with van der Waals surface area (Å²) in [4.78, 5) is 15.4. The highest BCUT2D eigenvalue weighted by Crippen LogP contribution is 2.22. The third kappa shape index (κ3) is 5.03. The van der Waals surface area contributed by atoms with E-state index in [-0.39, 0.29) is 0 Å². The van der Waals surface area contributed by atoms with E-state index in [0.29, 0.717) is 6.42 Å². The van der Waals surface area contributed by atoms with Crippen LogP contribution in [0.15, 0.2) is 54.9 Å². The molecule has 1 aromatic carbocycles. The van der Waals surface area contributed by atoms with E-state index in [9.17, 15) is 9.90 Å². The molecule has 1 N–H and O–H groups in total. The molecule has 0 aliphatic heterocycles. The van der Waals surface area contributed by atoms with Crippen LogP contribution in [0.3, 0.4) is 0 Å². The van der Waals surface area contributed by atoms with Crippen LogP contribution in [0, 0.1) is 0 Å². The van der Waals surface area contributed by atoms with Gasteiger partial charge in [-0.1, -0.05) is 49.2 Å². The molecule has 0 fully saturated rings. The maximum atomic E-state index is 11.4. The van der Waals surface area contributed by atoms with Gasteiger partial charge < -0.3 is 5.11 Å². The van der Waals surface area contributed by atoms with Crippen LogP contribution in [0.5, 0.6) is 0 Å². The Balaban J connectivity index is 1.74. The van der Waals surface area contributed by atoms with E-state index in [0.717, 1.165) is 31.2 Å². The van der Waals surface area contributed by atoms with Crippen molar-refractivity contribution in [1.82, 2.24) is 4.98 Å². The molecule has 1 unspecified atom stereocenters. The van der Waals surface area contributed by atoms with Gasteiger partial charge in [-0.3, -0.25) is 9.78 Å². The first kappa shape index (κ1) is 15.2. The lowest BCUT2D eigenvalue weighted by Gasteiger charge is -2.12. The number of carboxylic acids is 1. The van der Waals surface area contributed by atoms with Crippen molar-refractivity contribution in [2.45, 2.75) is 38.0 Å². The van der Waals surface area contributed by atoms with Crippen molar-refractivity contribution < 1.29 is 9.90 Å². The van der Waals surface area contributed by atoms with Crippen LogP contribution >= 0.6 is 0 Å². The van der Waals surface area contributed by atoms with E-state index >= 15 is 0 Å². The van der Waals surface area contributed by atoms with E-state index in [1.54, 1.807) is 18.5 Å². The van der Waals surface area contributed by atoms with Crippen molar-refractivity contribution >= 4 is 5.97 Å². The minimum absolute atomic E-state index is 0.435. The Hall–Kier alpha value is -2.16. The predicted octanol–water partition coefficient (Wildman–Crippen LogP) is 4.05. The van der Waals surface area contributed by atoms with Crippen molar-refractivity contribution in [3.63, 3.8) is 0 Å². The van der Waals surface area contributed by atoms with Gasteiger partial charge in [-0.25, -0.2) is 0 Å². The normalized spacial score (nSPS) is 12.0. The zero-order chi connectivity index (χ0) is 14.9. The molecule has 1 heterocycles. The molecule has 0 aliphatic rings. The standard InChI is InChI=1S/C18H21NO2/c20-18(21)17(16-11-7-13-19-14-16)12-6-2-5-10-15-8-3-1-4-9-15/h1,3-4,7-9,11,13-14,17H,2,5-6,10,12H2,(H,20,21). The topological polar surface area (TPSA) is 50.2 Å². The van der Waals surface area contributed by atoms with E-state index in [1.165, 1.54) is 5.56 Å². The lowest BCUT2D eigenvalue weighted by molar-refractivity contribution is -0.139. The predicted molar refractivity (Wildman–Crippen MR) is 83.2 cm³/mol. The number of nitrogens with zero attached hydrogens (tertiary/aromatic N) is 1. The molecular weight excluding hydrogens is 262 g/mol. The number of hydrogen-bond acceptors (Lipinski definition) is 2. The van der Waals surface area contributed by atoms with Gasteiger partial charge in [0.05, 0.1) is 5.92 Å². The number of aliphatic carboxylic acids is 1. The zero-order valence-electron chi connectivity index (χ0n) is 12.1. The van der Waals surface area contributed by atoms with Gasteiger partial charge >= 0.3 is 5.97 Å². The smallest absolute Gasteiger partial charge is 0.311 e. The summed E-state index contributed by atoms with van der Waals surface area (Å²) in [5.41, 5.74) is 2.15. The molecule has 3 nitrogen and oxygen atoms in total. The van der Waals surface area contributed by atoms with Gasteiger partial charge in [0.2, 0.25) is 0 Å². The SMILES string of the molecule is O=C(O)C(CCCCCc1ccccc1)c1cccnc1. The van der Waals surface area contributed by atoms with Crippen LogP contribution in [0.1, 0.15) is 42.7 Å². The fourth-order valence-electron chi connectivity index (χ4n) is 2.51. The summed E-state index contributed by atoms with van der Waals surface area (Å²) < 4.78 is 0. The first-order chi connectivity index (χ1) is 10.3. The Morgan fingerprint density at radius 2 is 1.86 bits per heavy atom. The molecule has 0 spiro atoms. The second-order valence-electron chi connectivity index (χ2n) is 5.26. The monoisotopic (exact) mass is 283 g/mol.